The minimum Gasteiger partial charge on any atom is -0.618 e. The van der Waals surface area contributed by atoms with Gasteiger partial charge >= 0.3 is 0 Å². The van der Waals surface area contributed by atoms with Gasteiger partial charge in [0.2, 0.25) is 11.7 Å². The summed E-state index contributed by atoms with van der Waals surface area (Å²) in [7, 11) is -4.05. The predicted octanol–water partition coefficient (Wildman–Crippen LogP) is 4.63. The van der Waals surface area contributed by atoms with E-state index in [1.807, 2.05) is 13.8 Å². The first-order valence-electron chi connectivity index (χ1n) is 10.6. The number of nitrogens with one attached hydrogen (secondary N) is 1. The molecule has 4 rings (SSSR count). The first-order valence-corrected chi connectivity index (χ1v) is 12.4. The first kappa shape index (κ1) is 24.4. The lowest BCUT2D eigenvalue weighted by molar-refractivity contribution is -0.612. The van der Waals surface area contributed by atoms with Crippen LogP contribution in [0.2, 0.25) is 5.02 Å². The quantitative estimate of drug-likeness (QED) is 0.220. The van der Waals surface area contributed by atoms with Gasteiger partial charge in [0.1, 0.15) is 6.26 Å². The van der Waals surface area contributed by atoms with Crippen LogP contribution in [0.4, 0.5) is 5.69 Å². The number of aromatic nitrogens is 2. The van der Waals surface area contributed by atoms with Gasteiger partial charge in [0.05, 0.1) is 27.8 Å². The van der Waals surface area contributed by atoms with Gasteiger partial charge in [-0.05, 0) is 55.8 Å². The Labute approximate surface area is 207 Å². The zero-order valence-corrected chi connectivity index (χ0v) is 20.7. The van der Waals surface area contributed by atoms with E-state index in [1.165, 1.54) is 48.7 Å². The number of ketones is 1. The highest BCUT2D eigenvalue weighted by molar-refractivity contribution is 7.92. The number of oxazole rings is 1. The molecule has 0 spiro atoms. The molecule has 0 unspecified atom stereocenters. The van der Waals surface area contributed by atoms with Gasteiger partial charge in [0.25, 0.3) is 10.0 Å². The molecule has 0 atom stereocenters. The molecular formula is C25H22ClN3O5S. The lowest BCUT2D eigenvalue weighted by atomic mass is 9.84. The molecule has 4 aromatic rings. The number of nitrogens with zero attached hydrogens (tertiary/aromatic N) is 2. The molecule has 10 heteroatoms. The Morgan fingerprint density at radius 3 is 2.46 bits per heavy atom. The maximum absolute atomic E-state index is 13.1. The van der Waals surface area contributed by atoms with Crippen LogP contribution in [0, 0.1) is 12.1 Å². The van der Waals surface area contributed by atoms with Gasteiger partial charge in [-0.3, -0.25) is 9.52 Å². The molecule has 2 aromatic carbocycles. The zero-order chi connectivity index (χ0) is 25.4. The SMILES string of the molecule is Cc1ccc(C(=O)c2cc(Cl)ccc2NS(=O)(=O)c2ccc(C(C)(C)c3ncco3)cc2)c[n+]1[O-]. The lowest BCUT2D eigenvalue weighted by Crippen LogP contribution is -2.30. The van der Waals surface area contributed by atoms with E-state index in [-0.39, 0.29) is 26.7 Å². The van der Waals surface area contributed by atoms with E-state index in [0.29, 0.717) is 16.3 Å². The maximum atomic E-state index is 13.1. The molecule has 0 aliphatic carbocycles. The number of aryl methyl sites for hydroxylation is 1. The van der Waals surface area contributed by atoms with Crippen LogP contribution in [-0.4, -0.2) is 19.2 Å². The monoisotopic (exact) mass is 511 g/mol. The molecule has 8 nitrogen and oxygen atoms in total. The Bertz CT molecular complexity index is 1500. The Morgan fingerprint density at radius 2 is 1.83 bits per heavy atom. The van der Waals surface area contributed by atoms with Crippen LogP contribution in [0.3, 0.4) is 0 Å². The number of rotatable bonds is 7. The molecule has 0 amide bonds. The van der Waals surface area contributed by atoms with Crippen molar-refractivity contribution in [3.8, 4) is 0 Å². The molecule has 0 saturated heterocycles. The molecule has 35 heavy (non-hydrogen) atoms. The van der Waals surface area contributed by atoms with Crippen molar-refractivity contribution in [2.75, 3.05) is 4.72 Å². The summed E-state index contributed by atoms with van der Waals surface area (Å²) in [6.07, 6.45) is 4.18. The van der Waals surface area contributed by atoms with Gasteiger partial charge < -0.3 is 9.62 Å². The molecule has 0 fully saturated rings. The highest BCUT2D eigenvalue weighted by Crippen LogP contribution is 2.31. The molecule has 2 aromatic heterocycles. The van der Waals surface area contributed by atoms with E-state index in [0.717, 1.165) is 11.8 Å². The summed E-state index contributed by atoms with van der Waals surface area (Å²) in [6.45, 7) is 5.45. The number of hydrogen-bond donors (Lipinski definition) is 1. The van der Waals surface area contributed by atoms with Crippen molar-refractivity contribution in [2.45, 2.75) is 31.1 Å². The van der Waals surface area contributed by atoms with Crippen LogP contribution in [0.15, 0.2) is 82.6 Å². The molecule has 0 aliphatic heterocycles. The van der Waals surface area contributed by atoms with Gasteiger partial charge in [0, 0.05) is 23.6 Å². The highest BCUT2D eigenvalue weighted by atomic mass is 35.5. The molecule has 1 N–H and O–H groups in total. The third kappa shape index (κ3) is 4.91. The zero-order valence-electron chi connectivity index (χ0n) is 19.2. The fraction of sp³-hybridized carbons (Fsp3) is 0.160. The van der Waals surface area contributed by atoms with E-state index < -0.39 is 21.2 Å². The van der Waals surface area contributed by atoms with E-state index in [4.69, 9.17) is 16.0 Å². The summed E-state index contributed by atoms with van der Waals surface area (Å²) >= 11 is 6.09. The molecule has 0 aliphatic rings. The van der Waals surface area contributed by atoms with Crippen LogP contribution in [0.25, 0.3) is 0 Å². The van der Waals surface area contributed by atoms with E-state index in [2.05, 4.69) is 9.71 Å². The van der Waals surface area contributed by atoms with Crippen LogP contribution < -0.4 is 9.45 Å². The maximum Gasteiger partial charge on any atom is 0.261 e. The average molecular weight is 512 g/mol. The van der Waals surface area contributed by atoms with Crippen molar-refractivity contribution < 1.29 is 22.4 Å². The van der Waals surface area contributed by atoms with E-state index in [9.17, 15) is 18.4 Å². The molecule has 0 bridgehead atoms. The van der Waals surface area contributed by atoms with E-state index in [1.54, 1.807) is 25.3 Å². The molecule has 180 valence electrons. The minimum absolute atomic E-state index is 0.00513. The number of pyridine rings is 1. The fourth-order valence-corrected chi connectivity index (χ4v) is 4.80. The third-order valence-corrected chi connectivity index (χ3v) is 7.31. The van der Waals surface area contributed by atoms with Crippen molar-refractivity contribution in [3.63, 3.8) is 0 Å². The standard InChI is InChI=1S/C25H22ClN3O5S/c1-16-4-5-17(15-29(16)31)23(30)21-14-19(26)8-11-22(21)28-35(32,33)20-9-6-18(7-10-20)25(2,3)24-27-12-13-34-24/h4-15,28H,1-3H3. The Balaban J connectivity index is 1.65. The van der Waals surface area contributed by atoms with Crippen LogP contribution in [-0.2, 0) is 15.4 Å². The van der Waals surface area contributed by atoms with Gasteiger partial charge in [-0.1, -0.05) is 23.7 Å². The average Bonchev–Trinajstić information content (AvgIpc) is 3.37. The number of carbonyl (C=O) groups excluding carboxylic acids is 1. The summed E-state index contributed by atoms with van der Waals surface area (Å²) < 4.78 is 34.8. The smallest absolute Gasteiger partial charge is 0.261 e. The number of anilines is 1. The molecular weight excluding hydrogens is 490 g/mol. The number of sulfonamides is 1. The Kier molecular flexibility index (Phi) is 6.40. The number of benzene rings is 2. The van der Waals surface area contributed by atoms with Crippen LogP contribution >= 0.6 is 11.6 Å². The summed E-state index contributed by atoms with van der Waals surface area (Å²) in [6, 6.07) is 13.6. The summed E-state index contributed by atoms with van der Waals surface area (Å²) in [5.74, 6) is -0.0381. The second kappa shape index (κ2) is 9.16. The van der Waals surface area contributed by atoms with Crippen molar-refractivity contribution in [1.29, 1.82) is 0 Å². The van der Waals surface area contributed by atoms with E-state index >= 15 is 0 Å². The van der Waals surface area contributed by atoms with Gasteiger partial charge in [-0.2, -0.15) is 4.73 Å². The Hall–Kier alpha value is -3.69. The fourth-order valence-electron chi connectivity index (χ4n) is 3.55. The molecule has 0 saturated carbocycles. The second-order valence-electron chi connectivity index (χ2n) is 8.50. The summed E-state index contributed by atoms with van der Waals surface area (Å²) in [5.41, 5.74) is 0.829. The van der Waals surface area contributed by atoms with Crippen molar-refractivity contribution in [3.05, 3.63) is 112 Å². The predicted molar refractivity (Wildman–Crippen MR) is 131 cm³/mol. The third-order valence-electron chi connectivity index (χ3n) is 5.69. The van der Waals surface area contributed by atoms with Crippen molar-refractivity contribution in [2.24, 2.45) is 0 Å². The molecule has 2 heterocycles. The van der Waals surface area contributed by atoms with Gasteiger partial charge in [-0.15, -0.1) is 0 Å². The Morgan fingerprint density at radius 1 is 1.11 bits per heavy atom. The summed E-state index contributed by atoms with van der Waals surface area (Å²) in [5, 5.41) is 12.2. The van der Waals surface area contributed by atoms with Crippen LogP contribution in [0.5, 0.6) is 0 Å². The van der Waals surface area contributed by atoms with Crippen molar-refractivity contribution >= 4 is 33.1 Å². The van der Waals surface area contributed by atoms with Gasteiger partial charge in [0.15, 0.2) is 11.9 Å². The summed E-state index contributed by atoms with van der Waals surface area (Å²) in [4.78, 5) is 17.3. The second-order valence-corrected chi connectivity index (χ2v) is 10.6. The minimum atomic E-state index is -4.05. The highest BCUT2D eigenvalue weighted by Gasteiger charge is 2.28. The van der Waals surface area contributed by atoms with Crippen molar-refractivity contribution in [1.82, 2.24) is 4.98 Å². The van der Waals surface area contributed by atoms with Gasteiger partial charge in [-0.25, -0.2) is 13.4 Å². The van der Waals surface area contributed by atoms with Crippen LogP contribution in [0.1, 0.15) is 46.9 Å². The first-order chi connectivity index (χ1) is 16.5. The number of carbonyl (C=O) groups is 1. The normalized spacial score (nSPS) is 11.9. The number of halogens is 1. The largest absolute Gasteiger partial charge is 0.618 e. The molecule has 0 radical (unpaired) electrons. The number of hydrogen-bond acceptors (Lipinski definition) is 6. The topological polar surface area (TPSA) is 116 Å². The lowest BCUT2D eigenvalue weighted by Gasteiger charge is -2.21.